The van der Waals surface area contributed by atoms with Crippen LogP contribution in [0.1, 0.15) is 35.3 Å². The van der Waals surface area contributed by atoms with Gasteiger partial charge in [-0.05, 0) is 79.1 Å². The zero-order valence-electron chi connectivity index (χ0n) is 19.9. The molecule has 188 valence electrons. The quantitative estimate of drug-likeness (QED) is 0.171. The molecule has 10 heteroatoms. The van der Waals surface area contributed by atoms with Gasteiger partial charge in [0.25, 0.3) is 5.91 Å². The number of hydrogen-bond donors (Lipinski definition) is 2. The molecule has 1 atom stereocenters. The van der Waals surface area contributed by atoms with Crippen LogP contribution in [-0.4, -0.2) is 32.6 Å². The minimum atomic E-state index is -3.89. The predicted octanol–water partition coefficient (Wildman–Crippen LogP) is 4.43. The third-order valence-corrected chi connectivity index (χ3v) is 7.11. The van der Waals surface area contributed by atoms with Crippen molar-refractivity contribution in [2.45, 2.75) is 31.7 Å². The van der Waals surface area contributed by atoms with Crippen LogP contribution in [0, 0.1) is 12.8 Å². The minimum Gasteiger partial charge on any atom is -0.423 e. The van der Waals surface area contributed by atoms with Gasteiger partial charge in [-0.1, -0.05) is 47.5 Å². The molecule has 8 nitrogen and oxygen atoms in total. The number of rotatable bonds is 9. The molecule has 0 heterocycles. The van der Waals surface area contributed by atoms with Gasteiger partial charge < -0.3 is 4.74 Å². The number of carbonyl (C=O) groups excluding carboxylic acids is 2. The largest absolute Gasteiger partial charge is 0.423 e. The van der Waals surface area contributed by atoms with Gasteiger partial charge in [-0.2, -0.15) is 9.82 Å². The number of hydrogen-bond acceptors (Lipinski definition) is 6. The third-order valence-electron chi connectivity index (χ3n) is 5.12. The van der Waals surface area contributed by atoms with Gasteiger partial charge >= 0.3 is 5.97 Å². The molecule has 3 aromatic carbocycles. The highest BCUT2D eigenvalue weighted by Gasteiger charge is 2.28. The predicted molar refractivity (Wildman–Crippen MR) is 141 cm³/mol. The second-order valence-corrected chi connectivity index (χ2v) is 11.0. The van der Waals surface area contributed by atoms with Crippen molar-refractivity contribution < 1.29 is 22.7 Å². The first-order valence-electron chi connectivity index (χ1n) is 11.0. The van der Waals surface area contributed by atoms with Crippen LogP contribution in [0.3, 0.4) is 0 Å². The van der Waals surface area contributed by atoms with E-state index in [0.717, 1.165) is 10.0 Å². The number of esters is 1. The van der Waals surface area contributed by atoms with E-state index in [0.29, 0.717) is 16.9 Å². The normalized spacial score (nSPS) is 12.5. The highest BCUT2D eigenvalue weighted by atomic mass is 79.9. The maximum Gasteiger partial charge on any atom is 0.343 e. The monoisotopic (exact) mass is 571 g/mol. The molecule has 0 bridgehead atoms. The van der Waals surface area contributed by atoms with Crippen molar-refractivity contribution in [3.8, 4) is 5.75 Å². The van der Waals surface area contributed by atoms with E-state index < -0.39 is 27.9 Å². The Balaban J connectivity index is 1.59. The number of sulfonamides is 1. The van der Waals surface area contributed by atoms with Gasteiger partial charge in [0.1, 0.15) is 11.8 Å². The number of benzene rings is 3. The van der Waals surface area contributed by atoms with E-state index in [1.807, 2.05) is 6.92 Å². The molecule has 2 N–H and O–H groups in total. The van der Waals surface area contributed by atoms with E-state index >= 15 is 0 Å². The number of carbonyl (C=O) groups is 2. The molecule has 0 aliphatic heterocycles. The molecule has 0 spiro atoms. The standard InChI is InChI=1S/C26H26BrN3O5S/c1-17(2)24(30-36(33,34)23-14-4-18(3)5-15-23)25(31)29-28-16-19-6-12-22(13-7-19)35-26(32)20-8-10-21(27)11-9-20/h4-17,24,30H,1-3H3,(H,29,31)/b28-16-/t24-/m0/s1. The molecule has 0 aliphatic carbocycles. The van der Waals surface area contributed by atoms with Gasteiger partial charge in [0, 0.05) is 4.47 Å². The van der Waals surface area contributed by atoms with Crippen molar-refractivity contribution in [1.29, 1.82) is 0 Å². The minimum absolute atomic E-state index is 0.0796. The molecule has 36 heavy (non-hydrogen) atoms. The molecule has 0 fully saturated rings. The van der Waals surface area contributed by atoms with E-state index in [1.165, 1.54) is 18.3 Å². The number of nitrogens with zero attached hydrogens (tertiary/aromatic N) is 1. The molecule has 3 aromatic rings. The van der Waals surface area contributed by atoms with E-state index in [9.17, 15) is 18.0 Å². The van der Waals surface area contributed by atoms with Crippen molar-refractivity contribution in [2.75, 3.05) is 0 Å². The summed E-state index contributed by atoms with van der Waals surface area (Å²) in [5.74, 6) is -1.03. The smallest absolute Gasteiger partial charge is 0.343 e. The molecule has 0 unspecified atom stereocenters. The molecule has 0 radical (unpaired) electrons. The zero-order valence-corrected chi connectivity index (χ0v) is 22.3. The Morgan fingerprint density at radius 2 is 1.56 bits per heavy atom. The molecule has 0 saturated heterocycles. The Morgan fingerprint density at radius 1 is 0.944 bits per heavy atom. The van der Waals surface area contributed by atoms with Gasteiger partial charge in [-0.15, -0.1) is 0 Å². The Morgan fingerprint density at radius 3 is 2.14 bits per heavy atom. The van der Waals surface area contributed by atoms with Gasteiger partial charge in [0.15, 0.2) is 0 Å². The summed E-state index contributed by atoms with van der Waals surface area (Å²) in [5.41, 5.74) is 4.37. The fraction of sp³-hybridized carbons (Fsp3) is 0.192. The van der Waals surface area contributed by atoms with Crippen molar-refractivity contribution in [2.24, 2.45) is 11.0 Å². The Kier molecular flexibility index (Phi) is 9.14. The van der Waals surface area contributed by atoms with Gasteiger partial charge in [0.05, 0.1) is 16.7 Å². The molecule has 0 aliphatic rings. The second kappa shape index (κ2) is 12.1. The van der Waals surface area contributed by atoms with Crippen LogP contribution in [0.15, 0.2) is 87.3 Å². The van der Waals surface area contributed by atoms with Crippen molar-refractivity contribution >= 4 is 44.0 Å². The number of amides is 1. The number of ether oxygens (including phenoxy) is 1. The van der Waals surface area contributed by atoms with Crippen LogP contribution in [0.4, 0.5) is 0 Å². The third kappa shape index (κ3) is 7.58. The lowest BCUT2D eigenvalue weighted by atomic mass is 10.1. The van der Waals surface area contributed by atoms with Crippen LogP contribution >= 0.6 is 15.9 Å². The van der Waals surface area contributed by atoms with Crippen LogP contribution in [0.25, 0.3) is 0 Å². The van der Waals surface area contributed by atoms with Crippen molar-refractivity contribution in [3.05, 3.63) is 94.0 Å². The van der Waals surface area contributed by atoms with Crippen LogP contribution in [0.5, 0.6) is 5.75 Å². The first kappa shape index (κ1) is 27.3. The number of aryl methyl sites for hydroxylation is 1. The second-order valence-electron chi connectivity index (χ2n) is 8.36. The van der Waals surface area contributed by atoms with E-state index in [2.05, 4.69) is 31.2 Å². The first-order valence-corrected chi connectivity index (χ1v) is 13.3. The maximum atomic E-state index is 12.7. The Bertz CT molecular complexity index is 1340. The van der Waals surface area contributed by atoms with E-state index in [4.69, 9.17) is 4.74 Å². The number of halogens is 1. The average molecular weight is 572 g/mol. The number of hydrazone groups is 1. The van der Waals surface area contributed by atoms with Crippen LogP contribution in [-0.2, 0) is 14.8 Å². The number of nitrogens with one attached hydrogen (secondary N) is 2. The highest BCUT2D eigenvalue weighted by molar-refractivity contribution is 9.10. The van der Waals surface area contributed by atoms with E-state index in [-0.39, 0.29) is 10.8 Å². The summed E-state index contributed by atoms with van der Waals surface area (Å²) in [6.45, 7) is 5.33. The zero-order chi connectivity index (χ0) is 26.3. The van der Waals surface area contributed by atoms with Gasteiger partial charge in [0.2, 0.25) is 10.0 Å². The maximum absolute atomic E-state index is 12.7. The van der Waals surface area contributed by atoms with Crippen LogP contribution in [0.2, 0.25) is 0 Å². The summed E-state index contributed by atoms with van der Waals surface area (Å²) in [4.78, 5) is 25.0. The summed E-state index contributed by atoms with van der Waals surface area (Å²) in [6.07, 6.45) is 1.41. The fourth-order valence-electron chi connectivity index (χ4n) is 3.06. The lowest BCUT2D eigenvalue weighted by Gasteiger charge is -2.20. The molecule has 0 aromatic heterocycles. The molecule has 1 amide bonds. The molecular weight excluding hydrogens is 546 g/mol. The molecule has 3 rings (SSSR count). The average Bonchev–Trinajstić information content (AvgIpc) is 2.84. The highest BCUT2D eigenvalue weighted by Crippen LogP contribution is 2.16. The Labute approximate surface area is 218 Å². The SMILES string of the molecule is Cc1ccc(S(=O)(=O)N[C@H](C(=O)N/N=C\c2ccc(OC(=O)c3ccc(Br)cc3)cc2)C(C)C)cc1. The summed E-state index contributed by atoms with van der Waals surface area (Å²) in [6, 6.07) is 18.7. The summed E-state index contributed by atoms with van der Waals surface area (Å²) in [7, 11) is -3.89. The summed E-state index contributed by atoms with van der Waals surface area (Å²) in [5, 5.41) is 3.93. The lowest BCUT2D eigenvalue weighted by Crippen LogP contribution is -2.48. The van der Waals surface area contributed by atoms with Crippen molar-refractivity contribution in [1.82, 2.24) is 10.1 Å². The van der Waals surface area contributed by atoms with Crippen LogP contribution < -0.4 is 14.9 Å². The van der Waals surface area contributed by atoms with E-state index in [1.54, 1.807) is 74.5 Å². The Hall–Kier alpha value is -3.34. The van der Waals surface area contributed by atoms with Gasteiger partial charge in [-0.3, -0.25) is 4.79 Å². The lowest BCUT2D eigenvalue weighted by molar-refractivity contribution is -0.123. The topological polar surface area (TPSA) is 114 Å². The van der Waals surface area contributed by atoms with Crippen molar-refractivity contribution in [3.63, 3.8) is 0 Å². The molecule has 0 saturated carbocycles. The van der Waals surface area contributed by atoms with Gasteiger partial charge in [-0.25, -0.2) is 18.6 Å². The fourth-order valence-corrected chi connectivity index (χ4v) is 4.67. The first-order chi connectivity index (χ1) is 17.0. The summed E-state index contributed by atoms with van der Waals surface area (Å²) < 4.78 is 34.1. The summed E-state index contributed by atoms with van der Waals surface area (Å²) >= 11 is 3.32. The molecular formula is C26H26BrN3O5S.